The fourth-order valence-corrected chi connectivity index (χ4v) is 4.51. The molecule has 12 heteroatoms. The molecule has 1 atom stereocenters. The van der Waals surface area contributed by atoms with Gasteiger partial charge in [0.1, 0.15) is 0 Å². The Balaban J connectivity index is 0.000000448. The van der Waals surface area contributed by atoms with Crippen molar-refractivity contribution in [1.29, 1.82) is 0 Å². The van der Waals surface area contributed by atoms with E-state index in [-0.39, 0.29) is 0 Å². The zero-order valence-corrected chi connectivity index (χ0v) is 21.4. The number of pyridine rings is 2. The Bertz CT molecular complexity index is 1410. The standard InChI is InChI=1S/C25H27N5O2.C2HF3O2/c1-31-22-9-3-8-21(24(22)32-2)19-10-11-23-27-25(28-30(23)17-19)20-7-5-13-29(16-20)15-18-6-4-12-26-14-18;3-2(4,5)1(6)7/h3-4,6,8-12,14,17,20H,5,7,13,15-16H2,1-2H3;(H,6,7). The van der Waals surface area contributed by atoms with Gasteiger partial charge in [0.2, 0.25) is 0 Å². The molecule has 1 N–H and O–H groups in total. The maximum absolute atomic E-state index is 10.6. The predicted octanol–water partition coefficient (Wildman–Crippen LogP) is 4.82. The van der Waals surface area contributed by atoms with E-state index in [1.165, 1.54) is 5.56 Å². The molecule has 0 amide bonds. The summed E-state index contributed by atoms with van der Waals surface area (Å²) in [6.07, 6.45) is 2.95. The van der Waals surface area contributed by atoms with Gasteiger partial charge in [0.05, 0.1) is 14.2 Å². The van der Waals surface area contributed by atoms with Crippen molar-refractivity contribution in [3.63, 3.8) is 0 Å². The summed E-state index contributed by atoms with van der Waals surface area (Å²) < 4.78 is 44.7. The number of benzene rings is 1. The van der Waals surface area contributed by atoms with Crippen LogP contribution in [0.5, 0.6) is 11.5 Å². The molecular formula is C27H28F3N5O4. The Morgan fingerprint density at radius 2 is 1.92 bits per heavy atom. The van der Waals surface area contributed by atoms with E-state index < -0.39 is 12.1 Å². The number of hydrogen-bond acceptors (Lipinski definition) is 7. The first kappa shape index (κ1) is 27.8. The zero-order valence-electron chi connectivity index (χ0n) is 21.4. The summed E-state index contributed by atoms with van der Waals surface area (Å²) in [5, 5.41) is 12.0. The lowest BCUT2D eigenvalue weighted by molar-refractivity contribution is -0.192. The van der Waals surface area contributed by atoms with Crippen molar-refractivity contribution in [2.24, 2.45) is 0 Å². The van der Waals surface area contributed by atoms with Crippen LogP contribution in [0.1, 0.15) is 30.1 Å². The zero-order chi connectivity index (χ0) is 28.0. The fraction of sp³-hybridized carbons (Fsp3) is 0.333. The molecule has 5 rings (SSSR count). The molecule has 1 fully saturated rings. The minimum Gasteiger partial charge on any atom is -0.493 e. The van der Waals surface area contributed by atoms with E-state index in [4.69, 9.17) is 29.5 Å². The summed E-state index contributed by atoms with van der Waals surface area (Å²) in [5.74, 6) is -0.0911. The van der Waals surface area contributed by atoms with Crippen molar-refractivity contribution in [3.8, 4) is 22.6 Å². The second kappa shape index (κ2) is 12.1. The summed E-state index contributed by atoms with van der Waals surface area (Å²) in [6, 6.07) is 14.1. The van der Waals surface area contributed by atoms with E-state index in [0.29, 0.717) is 17.4 Å². The predicted molar refractivity (Wildman–Crippen MR) is 137 cm³/mol. The average Bonchev–Trinajstić information content (AvgIpc) is 3.37. The number of likely N-dealkylation sites (tertiary alicyclic amines) is 1. The molecule has 0 aliphatic carbocycles. The Kier molecular flexibility index (Phi) is 8.65. The largest absolute Gasteiger partial charge is 0.493 e. The number of hydrogen-bond donors (Lipinski definition) is 1. The second-order valence-electron chi connectivity index (χ2n) is 8.97. The van der Waals surface area contributed by atoms with Gasteiger partial charge in [-0.05, 0) is 49.2 Å². The lowest BCUT2D eigenvalue weighted by Gasteiger charge is -2.31. The summed E-state index contributed by atoms with van der Waals surface area (Å²) in [6.45, 7) is 2.97. The number of piperidine rings is 1. The third-order valence-corrected chi connectivity index (χ3v) is 6.30. The number of para-hydroxylation sites is 1. The van der Waals surface area contributed by atoms with Crippen molar-refractivity contribution in [2.75, 3.05) is 27.3 Å². The molecule has 1 aliphatic heterocycles. The van der Waals surface area contributed by atoms with E-state index >= 15 is 0 Å². The number of carboxylic acid groups (broad SMARTS) is 1. The van der Waals surface area contributed by atoms with Crippen molar-refractivity contribution in [1.82, 2.24) is 24.5 Å². The Labute approximate surface area is 222 Å². The average molecular weight is 544 g/mol. The van der Waals surface area contributed by atoms with E-state index in [0.717, 1.165) is 55.1 Å². The number of nitrogens with zero attached hydrogens (tertiary/aromatic N) is 5. The minimum atomic E-state index is -5.08. The monoisotopic (exact) mass is 543 g/mol. The van der Waals surface area contributed by atoms with Crippen LogP contribution in [0.2, 0.25) is 0 Å². The van der Waals surface area contributed by atoms with Crippen molar-refractivity contribution in [2.45, 2.75) is 31.5 Å². The van der Waals surface area contributed by atoms with Crippen LogP contribution in [0, 0.1) is 0 Å². The molecular weight excluding hydrogens is 515 g/mol. The van der Waals surface area contributed by atoms with Crippen LogP contribution in [0.15, 0.2) is 61.1 Å². The SMILES string of the molecule is COc1cccc(-c2ccc3nc(C4CCCN(Cc5cccnc5)C4)nn3c2)c1OC.O=C(O)C(F)(F)F. The van der Waals surface area contributed by atoms with Gasteiger partial charge in [-0.15, -0.1) is 0 Å². The lowest BCUT2D eigenvalue weighted by atomic mass is 9.97. The number of halogens is 3. The van der Waals surface area contributed by atoms with Crippen molar-refractivity contribution in [3.05, 3.63) is 72.4 Å². The molecule has 9 nitrogen and oxygen atoms in total. The van der Waals surface area contributed by atoms with Crippen molar-refractivity contribution < 1.29 is 32.5 Å². The van der Waals surface area contributed by atoms with Crippen LogP contribution in [-0.2, 0) is 11.3 Å². The summed E-state index contributed by atoms with van der Waals surface area (Å²) >= 11 is 0. The third-order valence-electron chi connectivity index (χ3n) is 6.30. The van der Waals surface area contributed by atoms with Crippen LogP contribution >= 0.6 is 0 Å². The minimum absolute atomic E-state index is 0.329. The molecule has 0 spiro atoms. The molecule has 39 heavy (non-hydrogen) atoms. The first-order valence-corrected chi connectivity index (χ1v) is 12.2. The molecule has 1 unspecified atom stereocenters. The van der Waals surface area contributed by atoms with Gasteiger partial charge in [-0.3, -0.25) is 9.88 Å². The first-order chi connectivity index (χ1) is 18.7. The smallest absolute Gasteiger partial charge is 0.490 e. The highest BCUT2D eigenvalue weighted by Crippen LogP contribution is 2.37. The molecule has 4 aromatic rings. The molecule has 0 radical (unpaired) electrons. The highest BCUT2D eigenvalue weighted by atomic mass is 19.4. The number of alkyl halides is 3. The second-order valence-corrected chi connectivity index (χ2v) is 8.97. The van der Waals surface area contributed by atoms with Gasteiger partial charge < -0.3 is 14.6 Å². The number of carbonyl (C=O) groups is 1. The van der Waals surface area contributed by atoms with Gasteiger partial charge in [-0.2, -0.15) is 18.3 Å². The van der Waals surface area contributed by atoms with Crippen molar-refractivity contribution >= 4 is 11.6 Å². The molecule has 206 valence electrons. The highest BCUT2D eigenvalue weighted by molar-refractivity contribution is 5.74. The highest BCUT2D eigenvalue weighted by Gasteiger charge is 2.38. The maximum Gasteiger partial charge on any atom is 0.490 e. The number of aromatic nitrogens is 4. The number of fused-ring (bicyclic) bond motifs is 1. The van der Waals surface area contributed by atoms with Crippen LogP contribution in [0.4, 0.5) is 13.2 Å². The number of carboxylic acids is 1. The Morgan fingerprint density at radius 3 is 2.59 bits per heavy atom. The molecule has 4 heterocycles. The van der Waals surface area contributed by atoms with Gasteiger partial charge in [0.15, 0.2) is 23.0 Å². The van der Waals surface area contributed by atoms with E-state index in [1.807, 2.05) is 53.4 Å². The lowest BCUT2D eigenvalue weighted by Crippen LogP contribution is -2.34. The van der Waals surface area contributed by atoms with Gasteiger partial charge in [0, 0.05) is 48.7 Å². The number of methoxy groups -OCH3 is 2. The first-order valence-electron chi connectivity index (χ1n) is 12.2. The number of rotatable bonds is 6. The van der Waals surface area contributed by atoms with Gasteiger partial charge in [-0.1, -0.05) is 18.2 Å². The van der Waals surface area contributed by atoms with E-state index in [2.05, 4.69) is 22.0 Å². The molecule has 0 saturated carbocycles. The molecule has 1 saturated heterocycles. The molecule has 1 aliphatic rings. The van der Waals surface area contributed by atoms with Crippen LogP contribution in [-0.4, -0.2) is 69.0 Å². The van der Waals surface area contributed by atoms with Gasteiger partial charge in [0.25, 0.3) is 0 Å². The van der Waals surface area contributed by atoms with E-state index in [9.17, 15) is 13.2 Å². The Hall–Kier alpha value is -4.19. The maximum atomic E-state index is 10.6. The van der Waals surface area contributed by atoms with Gasteiger partial charge >= 0.3 is 12.1 Å². The number of aliphatic carboxylic acids is 1. The molecule has 0 bridgehead atoms. The summed E-state index contributed by atoms with van der Waals surface area (Å²) in [4.78, 5) is 20.5. The molecule has 3 aromatic heterocycles. The third kappa shape index (κ3) is 6.82. The number of ether oxygens (including phenoxy) is 2. The normalized spacial score (nSPS) is 15.9. The quantitative estimate of drug-likeness (QED) is 0.369. The Morgan fingerprint density at radius 1 is 1.13 bits per heavy atom. The topological polar surface area (TPSA) is 102 Å². The fourth-order valence-electron chi connectivity index (χ4n) is 4.51. The summed E-state index contributed by atoms with van der Waals surface area (Å²) in [5.41, 5.74) is 4.07. The molecule has 1 aromatic carbocycles. The van der Waals surface area contributed by atoms with Gasteiger partial charge in [-0.25, -0.2) is 14.3 Å². The summed E-state index contributed by atoms with van der Waals surface area (Å²) in [7, 11) is 3.31. The van der Waals surface area contributed by atoms with Crippen LogP contribution < -0.4 is 9.47 Å². The van der Waals surface area contributed by atoms with E-state index in [1.54, 1.807) is 14.2 Å². The van der Waals surface area contributed by atoms with Crippen LogP contribution in [0.25, 0.3) is 16.8 Å². The van der Waals surface area contributed by atoms with Crippen LogP contribution in [0.3, 0.4) is 0 Å².